The Morgan fingerprint density at radius 1 is 1.24 bits per heavy atom. The standard InChI is InChI=1S/C17H27N3O/c1-14(15-8-6-5-7-9-15)19(4)16(21)17(2,3)20-12-10-18-11-13-20/h5-9,14,18H,10-13H2,1-4H3. The highest BCUT2D eigenvalue weighted by atomic mass is 16.2. The Morgan fingerprint density at radius 3 is 2.38 bits per heavy atom. The maximum atomic E-state index is 12.9. The molecule has 1 aliphatic heterocycles. The van der Waals surface area contributed by atoms with Gasteiger partial charge in [-0.25, -0.2) is 0 Å². The van der Waals surface area contributed by atoms with Crippen molar-refractivity contribution in [1.29, 1.82) is 0 Å². The van der Waals surface area contributed by atoms with Crippen LogP contribution in [0.15, 0.2) is 30.3 Å². The Hall–Kier alpha value is -1.39. The van der Waals surface area contributed by atoms with Gasteiger partial charge in [0.05, 0.1) is 11.6 Å². The molecule has 1 amide bonds. The van der Waals surface area contributed by atoms with Crippen molar-refractivity contribution in [3.05, 3.63) is 35.9 Å². The molecule has 4 heteroatoms. The van der Waals surface area contributed by atoms with Crippen molar-refractivity contribution >= 4 is 5.91 Å². The zero-order valence-corrected chi connectivity index (χ0v) is 13.6. The molecule has 1 unspecified atom stereocenters. The lowest BCUT2D eigenvalue weighted by molar-refractivity contribution is -0.143. The molecule has 1 saturated heterocycles. The number of benzene rings is 1. The maximum absolute atomic E-state index is 12.9. The van der Waals surface area contributed by atoms with E-state index in [1.54, 1.807) is 0 Å². The third-order valence-corrected chi connectivity index (χ3v) is 4.61. The molecule has 2 rings (SSSR count). The number of hydrogen-bond donors (Lipinski definition) is 1. The highest BCUT2D eigenvalue weighted by Crippen LogP contribution is 2.24. The van der Waals surface area contributed by atoms with E-state index >= 15 is 0 Å². The molecule has 0 saturated carbocycles. The molecule has 1 aromatic rings. The second kappa shape index (κ2) is 6.58. The van der Waals surface area contributed by atoms with E-state index in [2.05, 4.69) is 29.3 Å². The predicted molar refractivity (Wildman–Crippen MR) is 86.1 cm³/mol. The molecule has 21 heavy (non-hydrogen) atoms. The summed E-state index contributed by atoms with van der Waals surface area (Å²) in [6, 6.07) is 10.3. The Bertz CT molecular complexity index is 466. The second-order valence-electron chi connectivity index (χ2n) is 6.30. The van der Waals surface area contributed by atoms with Gasteiger partial charge in [-0.1, -0.05) is 30.3 Å². The Balaban J connectivity index is 2.10. The van der Waals surface area contributed by atoms with Crippen LogP contribution in [0.25, 0.3) is 0 Å². The fourth-order valence-corrected chi connectivity index (χ4v) is 2.92. The van der Waals surface area contributed by atoms with Crippen LogP contribution >= 0.6 is 0 Å². The van der Waals surface area contributed by atoms with Gasteiger partial charge in [-0.15, -0.1) is 0 Å². The second-order valence-corrected chi connectivity index (χ2v) is 6.30. The molecule has 0 aliphatic carbocycles. The van der Waals surface area contributed by atoms with Gasteiger partial charge in [-0.05, 0) is 26.3 Å². The van der Waals surface area contributed by atoms with Crippen LogP contribution in [0.5, 0.6) is 0 Å². The largest absolute Gasteiger partial charge is 0.337 e. The van der Waals surface area contributed by atoms with Crippen molar-refractivity contribution in [3.8, 4) is 0 Å². The molecule has 1 atom stereocenters. The molecule has 4 nitrogen and oxygen atoms in total. The number of amides is 1. The van der Waals surface area contributed by atoms with Crippen molar-refractivity contribution in [3.63, 3.8) is 0 Å². The minimum absolute atomic E-state index is 0.0842. The van der Waals surface area contributed by atoms with E-state index in [4.69, 9.17) is 0 Å². The lowest BCUT2D eigenvalue weighted by Gasteiger charge is -2.43. The van der Waals surface area contributed by atoms with Gasteiger partial charge in [0.1, 0.15) is 0 Å². The Kier molecular flexibility index (Phi) is 5.01. The monoisotopic (exact) mass is 289 g/mol. The van der Waals surface area contributed by atoms with Crippen LogP contribution in [-0.2, 0) is 4.79 Å². The van der Waals surface area contributed by atoms with Gasteiger partial charge < -0.3 is 10.2 Å². The smallest absolute Gasteiger partial charge is 0.242 e. The Morgan fingerprint density at radius 2 is 1.81 bits per heavy atom. The molecule has 0 bridgehead atoms. The lowest BCUT2D eigenvalue weighted by atomic mass is 9.97. The summed E-state index contributed by atoms with van der Waals surface area (Å²) >= 11 is 0. The van der Waals surface area contributed by atoms with Gasteiger partial charge in [0, 0.05) is 33.2 Å². The first kappa shape index (κ1) is 16.0. The van der Waals surface area contributed by atoms with Gasteiger partial charge >= 0.3 is 0 Å². The zero-order chi connectivity index (χ0) is 15.5. The van der Waals surface area contributed by atoms with E-state index < -0.39 is 5.54 Å². The quantitative estimate of drug-likeness (QED) is 0.919. The van der Waals surface area contributed by atoms with Gasteiger partial charge in [-0.2, -0.15) is 0 Å². The summed E-state index contributed by atoms with van der Waals surface area (Å²) in [7, 11) is 1.91. The number of nitrogens with one attached hydrogen (secondary N) is 1. The number of nitrogens with zero attached hydrogens (tertiary/aromatic N) is 2. The van der Waals surface area contributed by atoms with E-state index in [0.717, 1.165) is 26.2 Å². The molecule has 0 aromatic heterocycles. The third kappa shape index (κ3) is 3.44. The van der Waals surface area contributed by atoms with Crippen LogP contribution < -0.4 is 5.32 Å². The van der Waals surface area contributed by atoms with Crippen molar-refractivity contribution in [2.24, 2.45) is 0 Å². The van der Waals surface area contributed by atoms with Gasteiger partial charge in [0.15, 0.2) is 0 Å². The van der Waals surface area contributed by atoms with Crippen LogP contribution in [0, 0.1) is 0 Å². The molecule has 0 spiro atoms. The van der Waals surface area contributed by atoms with Crippen molar-refractivity contribution < 1.29 is 4.79 Å². The third-order valence-electron chi connectivity index (χ3n) is 4.61. The van der Waals surface area contributed by atoms with Crippen LogP contribution in [0.4, 0.5) is 0 Å². The van der Waals surface area contributed by atoms with E-state index in [1.807, 2.05) is 44.0 Å². The Labute approximate surface area is 128 Å². The fourth-order valence-electron chi connectivity index (χ4n) is 2.92. The lowest BCUT2D eigenvalue weighted by Crippen LogP contribution is -2.60. The first-order valence-corrected chi connectivity index (χ1v) is 7.72. The molecular formula is C17H27N3O. The fraction of sp³-hybridized carbons (Fsp3) is 0.588. The number of carbonyl (C=O) groups excluding carboxylic acids is 1. The highest BCUT2D eigenvalue weighted by Gasteiger charge is 2.38. The minimum Gasteiger partial charge on any atom is -0.337 e. The topological polar surface area (TPSA) is 35.6 Å². The first-order valence-electron chi connectivity index (χ1n) is 7.72. The molecule has 1 aliphatic rings. The number of hydrogen-bond acceptors (Lipinski definition) is 3. The van der Waals surface area contributed by atoms with Crippen molar-refractivity contribution in [2.45, 2.75) is 32.4 Å². The number of rotatable bonds is 4. The minimum atomic E-state index is -0.458. The van der Waals surface area contributed by atoms with Gasteiger partial charge in [0.25, 0.3) is 0 Å². The van der Waals surface area contributed by atoms with Crippen LogP contribution in [-0.4, -0.2) is 54.5 Å². The normalized spacial score (nSPS) is 18.3. The molecule has 116 valence electrons. The number of carbonyl (C=O) groups is 1. The summed E-state index contributed by atoms with van der Waals surface area (Å²) in [5.41, 5.74) is 0.712. The summed E-state index contributed by atoms with van der Waals surface area (Å²) in [4.78, 5) is 17.1. The summed E-state index contributed by atoms with van der Waals surface area (Å²) in [6.07, 6.45) is 0. The number of likely N-dealkylation sites (N-methyl/N-ethyl adjacent to an activating group) is 1. The van der Waals surface area contributed by atoms with Crippen molar-refractivity contribution in [1.82, 2.24) is 15.1 Å². The van der Waals surface area contributed by atoms with Gasteiger partial charge in [0.2, 0.25) is 5.91 Å². The van der Waals surface area contributed by atoms with E-state index in [9.17, 15) is 4.79 Å². The average Bonchev–Trinajstić information content (AvgIpc) is 2.54. The SMILES string of the molecule is CC(c1ccccc1)N(C)C(=O)C(C)(C)N1CCNCC1. The first-order chi connectivity index (χ1) is 9.94. The predicted octanol–water partition coefficient (Wildman–Crippen LogP) is 1.89. The summed E-state index contributed by atoms with van der Waals surface area (Å²) in [5, 5.41) is 3.34. The molecular weight excluding hydrogens is 262 g/mol. The molecule has 0 radical (unpaired) electrons. The van der Waals surface area contributed by atoms with Crippen LogP contribution in [0.2, 0.25) is 0 Å². The van der Waals surface area contributed by atoms with E-state index in [-0.39, 0.29) is 11.9 Å². The van der Waals surface area contributed by atoms with Crippen LogP contribution in [0.1, 0.15) is 32.4 Å². The highest BCUT2D eigenvalue weighted by molar-refractivity contribution is 5.85. The van der Waals surface area contributed by atoms with Gasteiger partial charge in [-0.3, -0.25) is 9.69 Å². The summed E-state index contributed by atoms with van der Waals surface area (Å²) in [6.45, 7) is 9.91. The zero-order valence-electron chi connectivity index (χ0n) is 13.6. The molecule has 1 N–H and O–H groups in total. The van der Waals surface area contributed by atoms with Crippen LogP contribution in [0.3, 0.4) is 0 Å². The number of piperazine rings is 1. The summed E-state index contributed by atoms with van der Waals surface area (Å²) < 4.78 is 0. The maximum Gasteiger partial charge on any atom is 0.242 e. The van der Waals surface area contributed by atoms with E-state index in [1.165, 1.54) is 5.56 Å². The average molecular weight is 289 g/mol. The molecule has 1 heterocycles. The van der Waals surface area contributed by atoms with E-state index in [0.29, 0.717) is 0 Å². The molecule has 1 aromatic carbocycles. The van der Waals surface area contributed by atoms with Crippen molar-refractivity contribution in [2.75, 3.05) is 33.2 Å². The summed E-state index contributed by atoms with van der Waals surface area (Å²) in [5.74, 6) is 0.181. The molecule has 1 fully saturated rings.